The number of hydrogen-bond donors (Lipinski definition) is 2. The second kappa shape index (κ2) is 5.57. The first-order valence-corrected chi connectivity index (χ1v) is 6.37. The molecule has 0 unspecified atom stereocenters. The first-order valence-electron chi connectivity index (χ1n) is 6.37. The highest BCUT2D eigenvalue weighted by atomic mass is 16.1. The average Bonchev–Trinajstić information content (AvgIpc) is 2.43. The van der Waals surface area contributed by atoms with Crippen LogP contribution < -0.4 is 11.1 Å². The molecule has 98 valence electrons. The van der Waals surface area contributed by atoms with Crippen LogP contribution in [0.1, 0.15) is 28.4 Å². The SMILES string of the molecule is CCc1ccccc1C(=O)Nc1ccc(C)c(N)c1. The summed E-state index contributed by atoms with van der Waals surface area (Å²) in [5, 5.41) is 2.88. The molecule has 1 amide bonds. The Labute approximate surface area is 113 Å². The molecular formula is C16H18N2O. The fraction of sp³-hybridized carbons (Fsp3) is 0.188. The fourth-order valence-corrected chi connectivity index (χ4v) is 1.97. The lowest BCUT2D eigenvalue weighted by molar-refractivity contribution is 0.102. The molecule has 19 heavy (non-hydrogen) atoms. The standard InChI is InChI=1S/C16H18N2O/c1-3-12-6-4-5-7-14(12)16(19)18-13-9-8-11(2)15(17)10-13/h4-10H,3,17H2,1-2H3,(H,18,19). The number of nitrogens with two attached hydrogens (primary N) is 1. The fourth-order valence-electron chi connectivity index (χ4n) is 1.97. The number of hydrogen-bond acceptors (Lipinski definition) is 2. The van der Waals surface area contributed by atoms with E-state index >= 15 is 0 Å². The maximum atomic E-state index is 12.2. The zero-order valence-electron chi connectivity index (χ0n) is 11.2. The first kappa shape index (κ1) is 13.1. The highest BCUT2D eigenvalue weighted by Crippen LogP contribution is 2.18. The number of nitrogen functional groups attached to an aromatic ring is 1. The van der Waals surface area contributed by atoms with Gasteiger partial charge in [-0.1, -0.05) is 31.2 Å². The molecular weight excluding hydrogens is 236 g/mol. The Hall–Kier alpha value is -2.29. The molecule has 0 aliphatic heterocycles. The number of nitrogens with one attached hydrogen (secondary N) is 1. The van der Waals surface area contributed by atoms with E-state index in [0.717, 1.165) is 23.2 Å². The van der Waals surface area contributed by atoms with Crippen LogP contribution in [-0.4, -0.2) is 5.91 Å². The second-order valence-corrected chi connectivity index (χ2v) is 4.54. The molecule has 2 rings (SSSR count). The van der Waals surface area contributed by atoms with Crippen LogP contribution in [0.5, 0.6) is 0 Å². The van der Waals surface area contributed by atoms with E-state index in [0.29, 0.717) is 11.3 Å². The molecule has 3 heteroatoms. The molecule has 0 heterocycles. The summed E-state index contributed by atoms with van der Waals surface area (Å²) in [4.78, 5) is 12.2. The summed E-state index contributed by atoms with van der Waals surface area (Å²) in [5.41, 5.74) is 10.0. The highest BCUT2D eigenvalue weighted by molar-refractivity contribution is 6.05. The van der Waals surface area contributed by atoms with Crippen molar-refractivity contribution in [3.63, 3.8) is 0 Å². The van der Waals surface area contributed by atoms with Crippen LogP contribution >= 0.6 is 0 Å². The minimum Gasteiger partial charge on any atom is -0.398 e. The largest absolute Gasteiger partial charge is 0.398 e. The van der Waals surface area contributed by atoms with Gasteiger partial charge in [0, 0.05) is 16.9 Å². The van der Waals surface area contributed by atoms with Gasteiger partial charge in [0.1, 0.15) is 0 Å². The van der Waals surface area contributed by atoms with Gasteiger partial charge in [0.25, 0.3) is 5.91 Å². The Morgan fingerprint density at radius 2 is 1.95 bits per heavy atom. The van der Waals surface area contributed by atoms with Crippen LogP contribution in [0.4, 0.5) is 11.4 Å². The molecule has 0 aliphatic carbocycles. The normalized spacial score (nSPS) is 10.2. The van der Waals surface area contributed by atoms with Gasteiger partial charge in [0.15, 0.2) is 0 Å². The smallest absolute Gasteiger partial charge is 0.255 e. The van der Waals surface area contributed by atoms with E-state index < -0.39 is 0 Å². The minimum absolute atomic E-state index is 0.0966. The molecule has 0 bridgehead atoms. The third kappa shape index (κ3) is 2.94. The number of aryl methyl sites for hydroxylation is 2. The van der Waals surface area contributed by atoms with Crippen LogP contribution in [0.2, 0.25) is 0 Å². The molecule has 0 saturated heterocycles. The predicted octanol–water partition coefficient (Wildman–Crippen LogP) is 3.39. The van der Waals surface area contributed by atoms with Crippen molar-refractivity contribution in [1.29, 1.82) is 0 Å². The maximum Gasteiger partial charge on any atom is 0.255 e. The quantitative estimate of drug-likeness (QED) is 0.825. The molecule has 0 spiro atoms. The zero-order valence-corrected chi connectivity index (χ0v) is 11.2. The van der Waals surface area contributed by atoms with Gasteiger partial charge >= 0.3 is 0 Å². The number of anilines is 2. The number of amides is 1. The Morgan fingerprint density at radius 3 is 2.63 bits per heavy atom. The number of carbonyl (C=O) groups is 1. The molecule has 0 atom stereocenters. The van der Waals surface area contributed by atoms with Crippen LogP contribution in [0.25, 0.3) is 0 Å². The van der Waals surface area contributed by atoms with Gasteiger partial charge in [-0.25, -0.2) is 0 Å². The third-order valence-electron chi connectivity index (χ3n) is 3.18. The van der Waals surface area contributed by atoms with Crippen molar-refractivity contribution in [1.82, 2.24) is 0 Å². The van der Waals surface area contributed by atoms with Crippen molar-refractivity contribution in [2.75, 3.05) is 11.1 Å². The van der Waals surface area contributed by atoms with E-state index in [1.807, 2.05) is 50.2 Å². The lowest BCUT2D eigenvalue weighted by atomic mass is 10.0. The highest BCUT2D eigenvalue weighted by Gasteiger charge is 2.10. The van der Waals surface area contributed by atoms with Gasteiger partial charge < -0.3 is 11.1 Å². The van der Waals surface area contributed by atoms with Gasteiger partial charge in [-0.3, -0.25) is 4.79 Å². The lowest BCUT2D eigenvalue weighted by Gasteiger charge is -2.10. The van der Waals surface area contributed by atoms with Gasteiger partial charge in [-0.15, -0.1) is 0 Å². The third-order valence-corrected chi connectivity index (χ3v) is 3.18. The van der Waals surface area contributed by atoms with Crippen molar-refractivity contribution in [2.45, 2.75) is 20.3 Å². The molecule has 0 fully saturated rings. The van der Waals surface area contributed by atoms with E-state index in [1.54, 1.807) is 6.07 Å². The maximum absolute atomic E-state index is 12.2. The van der Waals surface area contributed by atoms with Crippen LogP contribution in [0.3, 0.4) is 0 Å². The zero-order chi connectivity index (χ0) is 13.8. The molecule has 3 N–H and O–H groups in total. The Balaban J connectivity index is 2.23. The van der Waals surface area contributed by atoms with E-state index in [9.17, 15) is 4.79 Å². The Kier molecular flexibility index (Phi) is 3.85. The topological polar surface area (TPSA) is 55.1 Å². The first-order chi connectivity index (χ1) is 9.11. The van der Waals surface area contributed by atoms with E-state index in [-0.39, 0.29) is 5.91 Å². The second-order valence-electron chi connectivity index (χ2n) is 4.54. The number of rotatable bonds is 3. The molecule has 0 aromatic heterocycles. The monoisotopic (exact) mass is 254 g/mol. The van der Waals surface area contributed by atoms with Gasteiger partial charge in [0.2, 0.25) is 0 Å². The van der Waals surface area contributed by atoms with Crippen LogP contribution in [-0.2, 0) is 6.42 Å². The molecule has 0 radical (unpaired) electrons. The number of carbonyl (C=O) groups excluding carboxylic acids is 1. The summed E-state index contributed by atoms with van der Waals surface area (Å²) in [5.74, 6) is -0.0966. The van der Waals surface area contributed by atoms with Crippen LogP contribution in [0.15, 0.2) is 42.5 Å². The summed E-state index contributed by atoms with van der Waals surface area (Å²) in [7, 11) is 0. The molecule has 2 aromatic rings. The van der Waals surface area contributed by atoms with Crippen molar-refractivity contribution in [3.8, 4) is 0 Å². The molecule has 3 nitrogen and oxygen atoms in total. The van der Waals surface area contributed by atoms with E-state index in [2.05, 4.69) is 5.32 Å². The average molecular weight is 254 g/mol. The van der Waals surface area contributed by atoms with Gasteiger partial charge in [-0.05, 0) is 42.7 Å². The predicted molar refractivity (Wildman–Crippen MR) is 79.4 cm³/mol. The Bertz CT molecular complexity index is 605. The summed E-state index contributed by atoms with van der Waals surface area (Å²) < 4.78 is 0. The van der Waals surface area contributed by atoms with E-state index in [4.69, 9.17) is 5.73 Å². The molecule has 0 aliphatic rings. The van der Waals surface area contributed by atoms with Crippen molar-refractivity contribution in [3.05, 3.63) is 59.2 Å². The lowest BCUT2D eigenvalue weighted by Crippen LogP contribution is -2.14. The van der Waals surface area contributed by atoms with Gasteiger partial charge in [0.05, 0.1) is 0 Å². The molecule has 0 saturated carbocycles. The van der Waals surface area contributed by atoms with Crippen molar-refractivity contribution in [2.24, 2.45) is 0 Å². The summed E-state index contributed by atoms with van der Waals surface area (Å²) in [6, 6.07) is 13.2. The minimum atomic E-state index is -0.0966. The summed E-state index contributed by atoms with van der Waals surface area (Å²) >= 11 is 0. The summed E-state index contributed by atoms with van der Waals surface area (Å²) in [6.45, 7) is 3.98. The van der Waals surface area contributed by atoms with E-state index in [1.165, 1.54) is 0 Å². The molecule has 2 aromatic carbocycles. The van der Waals surface area contributed by atoms with Crippen molar-refractivity contribution >= 4 is 17.3 Å². The van der Waals surface area contributed by atoms with Crippen molar-refractivity contribution < 1.29 is 4.79 Å². The Morgan fingerprint density at radius 1 is 1.21 bits per heavy atom. The number of benzene rings is 2. The van der Waals surface area contributed by atoms with Gasteiger partial charge in [-0.2, -0.15) is 0 Å². The van der Waals surface area contributed by atoms with Crippen LogP contribution in [0, 0.1) is 6.92 Å². The summed E-state index contributed by atoms with van der Waals surface area (Å²) in [6.07, 6.45) is 0.833.